The van der Waals surface area contributed by atoms with Gasteiger partial charge in [0.2, 0.25) is 0 Å². The number of hydrogen-bond acceptors (Lipinski definition) is 3. The lowest BCUT2D eigenvalue weighted by atomic mass is 9.80. The van der Waals surface area contributed by atoms with Gasteiger partial charge in [0.15, 0.2) is 0 Å². The van der Waals surface area contributed by atoms with E-state index in [9.17, 15) is 10.2 Å². The van der Waals surface area contributed by atoms with Crippen molar-refractivity contribution in [2.45, 2.75) is 75.9 Å². The maximum absolute atomic E-state index is 11.3. The Bertz CT molecular complexity index is 607. The number of aryl methyl sites for hydroxylation is 1. The largest absolute Gasteiger partial charge is 0.388 e. The highest BCUT2D eigenvalue weighted by molar-refractivity contribution is 5.42. The van der Waals surface area contributed by atoms with Gasteiger partial charge in [-0.3, -0.25) is 0 Å². The van der Waals surface area contributed by atoms with Crippen LogP contribution in [0.25, 0.3) is 0 Å². The molecule has 0 bridgehead atoms. The summed E-state index contributed by atoms with van der Waals surface area (Å²) < 4.78 is 5.14. The molecule has 0 aromatic heterocycles. The number of allylic oxidation sites excluding steroid dienone is 1. The fourth-order valence-corrected chi connectivity index (χ4v) is 3.92. The zero-order valence-corrected chi connectivity index (χ0v) is 16.9. The molecule has 27 heavy (non-hydrogen) atoms. The average Bonchev–Trinajstić information content (AvgIpc) is 2.97. The normalized spacial score (nSPS) is 24.9. The van der Waals surface area contributed by atoms with Crippen molar-refractivity contribution >= 4 is 0 Å². The molecule has 2 N–H and O–H groups in total. The summed E-state index contributed by atoms with van der Waals surface area (Å²) in [6, 6.07) is 8.19. The number of hydrogen-bond donors (Lipinski definition) is 2. The number of benzene rings is 1. The van der Waals surface area contributed by atoms with E-state index in [1.54, 1.807) is 19.3 Å². The Morgan fingerprint density at radius 1 is 1.11 bits per heavy atom. The Balaban J connectivity index is 2.09. The fraction of sp³-hybridized carbons (Fsp3) is 0.583. The second-order valence-corrected chi connectivity index (χ2v) is 7.62. The molecule has 3 heteroatoms. The molecule has 0 unspecified atom stereocenters. The molecule has 2 rings (SSSR count). The molecule has 0 radical (unpaired) electrons. The van der Waals surface area contributed by atoms with Crippen LogP contribution in [0.1, 0.15) is 68.9 Å². The van der Waals surface area contributed by atoms with Gasteiger partial charge >= 0.3 is 0 Å². The van der Waals surface area contributed by atoms with Gasteiger partial charge < -0.3 is 14.9 Å². The Hall–Kier alpha value is -1.42. The maximum atomic E-state index is 11.3. The van der Waals surface area contributed by atoms with Gasteiger partial charge in [-0.2, -0.15) is 0 Å². The summed E-state index contributed by atoms with van der Waals surface area (Å²) in [5.74, 6) is -0.344. The second-order valence-electron chi connectivity index (χ2n) is 7.62. The smallest absolute Gasteiger partial charge is 0.111 e. The minimum Gasteiger partial charge on any atom is -0.388 e. The summed E-state index contributed by atoms with van der Waals surface area (Å²) in [7, 11) is 1.73. The standard InChI is InChI=1S/C24H36O3/c1-3-4-5-6-7-11-17-24(26)18-16-22(25)23(24)21-15-9-8-13-20(21)14-10-12-19-27-2/h8-9,11,13,15-18,22-23,25-26H,3-7,10,12,14,19H2,1-2H3/b17-11+/t22-,23+,24-/m1/s1. The van der Waals surface area contributed by atoms with Crippen molar-refractivity contribution in [3.8, 4) is 0 Å². The summed E-state index contributed by atoms with van der Waals surface area (Å²) in [5.41, 5.74) is 1.13. The zero-order valence-electron chi connectivity index (χ0n) is 16.9. The number of methoxy groups -OCH3 is 1. The third-order valence-electron chi connectivity index (χ3n) is 5.44. The van der Waals surface area contributed by atoms with Crippen LogP contribution in [-0.2, 0) is 11.2 Å². The van der Waals surface area contributed by atoms with Gasteiger partial charge in [-0.1, -0.05) is 68.7 Å². The number of ether oxygens (including phenoxy) is 1. The van der Waals surface area contributed by atoms with Crippen LogP contribution in [0, 0.1) is 0 Å². The summed E-state index contributed by atoms with van der Waals surface area (Å²) in [6.45, 7) is 2.97. The monoisotopic (exact) mass is 372 g/mol. The van der Waals surface area contributed by atoms with Crippen LogP contribution in [0.2, 0.25) is 0 Å². The average molecular weight is 373 g/mol. The molecular weight excluding hydrogens is 336 g/mol. The number of aliphatic hydroxyl groups is 2. The van der Waals surface area contributed by atoms with Crippen LogP contribution < -0.4 is 0 Å². The molecule has 1 aromatic rings. The lowest BCUT2D eigenvalue weighted by Gasteiger charge is -2.30. The Kier molecular flexibility index (Phi) is 9.26. The summed E-state index contributed by atoms with van der Waals surface area (Å²) in [5, 5.41) is 21.8. The van der Waals surface area contributed by atoms with E-state index >= 15 is 0 Å². The van der Waals surface area contributed by atoms with Crippen molar-refractivity contribution in [1.29, 1.82) is 0 Å². The van der Waals surface area contributed by atoms with Gasteiger partial charge in [0.25, 0.3) is 0 Å². The first-order valence-corrected chi connectivity index (χ1v) is 10.5. The predicted octanol–water partition coefficient (Wildman–Crippen LogP) is 4.93. The van der Waals surface area contributed by atoms with Gasteiger partial charge in [0.1, 0.15) is 5.60 Å². The molecule has 0 fully saturated rings. The molecule has 0 saturated carbocycles. The lowest BCUT2D eigenvalue weighted by Crippen LogP contribution is -2.34. The lowest BCUT2D eigenvalue weighted by molar-refractivity contribution is 0.0692. The van der Waals surface area contributed by atoms with Crippen LogP contribution >= 0.6 is 0 Å². The topological polar surface area (TPSA) is 49.7 Å². The minimum absolute atomic E-state index is 0.344. The number of aliphatic hydroxyl groups excluding tert-OH is 1. The predicted molar refractivity (Wildman–Crippen MR) is 112 cm³/mol. The molecule has 0 spiro atoms. The minimum atomic E-state index is -1.12. The third kappa shape index (κ3) is 6.31. The Morgan fingerprint density at radius 3 is 2.70 bits per heavy atom. The maximum Gasteiger partial charge on any atom is 0.111 e. The SMILES string of the molecule is CCCCCC/C=C/[C@@]1(O)C=C[C@@H](O)[C@@H]1c1ccccc1CCCCOC. The van der Waals surface area contributed by atoms with Crippen LogP contribution in [-0.4, -0.2) is 35.6 Å². The van der Waals surface area contributed by atoms with Crippen LogP contribution in [0.5, 0.6) is 0 Å². The van der Waals surface area contributed by atoms with E-state index in [1.165, 1.54) is 24.8 Å². The number of unbranched alkanes of at least 4 members (excludes halogenated alkanes) is 5. The van der Waals surface area contributed by atoms with Crippen molar-refractivity contribution in [3.05, 3.63) is 59.7 Å². The summed E-state index contributed by atoms with van der Waals surface area (Å²) in [4.78, 5) is 0. The summed E-state index contributed by atoms with van der Waals surface area (Å²) >= 11 is 0. The highest BCUT2D eigenvalue weighted by atomic mass is 16.5. The van der Waals surface area contributed by atoms with Gasteiger partial charge in [0, 0.05) is 19.6 Å². The van der Waals surface area contributed by atoms with Crippen molar-refractivity contribution < 1.29 is 14.9 Å². The third-order valence-corrected chi connectivity index (χ3v) is 5.44. The highest BCUT2D eigenvalue weighted by Gasteiger charge is 2.42. The molecule has 0 heterocycles. The van der Waals surface area contributed by atoms with Crippen molar-refractivity contribution in [2.24, 2.45) is 0 Å². The first-order chi connectivity index (χ1) is 13.1. The van der Waals surface area contributed by atoms with E-state index in [2.05, 4.69) is 19.1 Å². The summed E-state index contributed by atoms with van der Waals surface area (Å²) in [6.07, 6.45) is 15.6. The van der Waals surface area contributed by atoms with E-state index in [0.717, 1.165) is 44.3 Å². The molecule has 3 atom stereocenters. The van der Waals surface area contributed by atoms with Crippen molar-refractivity contribution in [3.63, 3.8) is 0 Å². The van der Waals surface area contributed by atoms with Crippen LogP contribution in [0.15, 0.2) is 48.6 Å². The van der Waals surface area contributed by atoms with E-state index in [-0.39, 0.29) is 5.92 Å². The van der Waals surface area contributed by atoms with E-state index < -0.39 is 11.7 Å². The molecule has 0 amide bonds. The van der Waals surface area contributed by atoms with Crippen LogP contribution in [0.3, 0.4) is 0 Å². The first kappa shape index (κ1) is 21.9. The Labute approximate surface area is 164 Å². The van der Waals surface area contributed by atoms with Gasteiger partial charge in [0.05, 0.1) is 6.10 Å². The van der Waals surface area contributed by atoms with Crippen LogP contribution in [0.4, 0.5) is 0 Å². The molecule has 0 aliphatic heterocycles. The molecule has 1 aliphatic carbocycles. The Morgan fingerprint density at radius 2 is 1.93 bits per heavy atom. The van der Waals surface area contributed by atoms with E-state index in [0.29, 0.717) is 0 Å². The molecule has 1 aromatic carbocycles. The van der Waals surface area contributed by atoms with Gasteiger partial charge in [-0.15, -0.1) is 0 Å². The number of rotatable bonds is 12. The first-order valence-electron chi connectivity index (χ1n) is 10.5. The van der Waals surface area contributed by atoms with Gasteiger partial charge in [-0.25, -0.2) is 0 Å². The molecule has 0 saturated heterocycles. The molecule has 3 nitrogen and oxygen atoms in total. The molecule has 150 valence electrons. The second kappa shape index (κ2) is 11.4. The van der Waals surface area contributed by atoms with E-state index in [1.807, 2.05) is 24.3 Å². The van der Waals surface area contributed by atoms with Crippen molar-refractivity contribution in [1.82, 2.24) is 0 Å². The van der Waals surface area contributed by atoms with E-state index in [4.69, 9.17) is 4.74 Å². The van der Waals surface area contributed by atoms with Crippen molar-refractivity contribution in [2.75, 3.05) is 13.7 Å². The molecular formula is C24H36O3. The quantitative estimate of drug-likeness (QED) is 0.404. The van der Waals surface area contributed by atoms with Gasteiger partial charge in [-0.05, 0) is 49.3 Å². The molecule has 1 aliphatic rings. The zero-order chi connectivity index (χ0) is 19.5. The highest BCUT2D eigenvalue weighted by Crippen LogP contribution is 2.41. The fourth-order valence-electron chi connectivity index (χ4n) is 3.92.